The number of anilines is 1. The third kappa shape index (κ3) is 2.23. The standard InChI is InChI=1S/C13H12N4/c1-8-3-4-11(9(2)5-8)13-16-10(7-14)6-12(15)17-13/h3-6H,1-2H3,(H2,15,16,17). The number of aromatic nitrogens is 2. The molecule has 0 aliphatic rings. The van der Waals surface area contributed by atoms with Gasteiger partial charge in [-0.1, -0.05) is 23.8 Å². The van der Waals surface area contributed by atoms with E-state index >= 15 is 0 Å². The first-order chi connectivity index (χ1) is 8.10. The highest BCUT2D eigenvalue weighted by molar-refractivity contribution is 5.62. The van der Waals surface area contributed by atoms with E-state index in [4.69, 9.17) is 11.0 Å². The molecular weight excluding hydrogens is 212 g/mol. The van der Waals surface area contributed by atoms with Crippen molar-refractivity contribution in [3.63, 3.8) is 0 Å². The average molecular weight is 224 g/mol. The summed E-state index contributed by atoms with van der Waals surface area (Å²) in [4.78, 5) is 8.32. The lowest BCUT2D eigenvalue weighted by Crippen LogP contribution is -1.99. The van der Waals surface area contributed by atoms with Crippen LogP contribution in [0.2, 0.25) is 0 Å². The Bertz CT molecular complexity index is 611. The van der Waals surface area contributed by atoms with Crippen LogP contribution in [0.1, 0.15) is 16.8 Å². The van der Waals surface area contributed by atoms with Crippen LogP contribution < -0.4 is 5.73 Å². The summed E-state index contributed by atoms with van der Waals surface area (Å²) in [5, 5.41) is 8.85. The second-order valence-corrected chi connectivity index (χ2v) is 3.93. The Hall–Kier alpha value is -2.41. The van der Waals surface area contributed by atoms with Crippen LogP contribution in [0, 0.1) is 25.2 Å². The molecule has 0 radical (unpaired) electrons. The third-order valence-corrected chi connectivity index (χ3v) is 2.48. The molecule has 2 rings (SSSR count). The quantitative estimate of drug-likeness (QED) is 0.805. The van der Waals surface area contributed by atoms with E-state index < -0.39 is 0 Å². The highest BCUT2D eigenvalue weighted by Gasteiger charge is 2.07. The Kier molecular flexibility index (Phi) is 2.75. The van der Waals surface area contributed by atoms with Gasteiger partial charge in [0, 0.05) is 11.6 Å². The van der Waals surface area contributed by atoms with Crippen molar-refractivity contribution in [2.45, 2.75) is 13.8 Å². The summed E-state index contributed by atoms with van der Waals surface area (Å²) in [6.45, 7) is 4.01. The Morgan fingerprint density at radius 2 is 1.94 bits per heavy atom. The molecule has 0 aliphatic heterocycles. The molecule has 0 atom stereocenters. The molecule has 4 nitrogen and oxygen atoms in total. The molecule has 0 aliphatic carbocycles. The molecule has 2 N–H and O–H groups in total. The average Bonchev–Trinajstić information content (AvgIpc) is 2.28. The van der Waals surface area contributed by atoms with E-state index in [0.717, 1.165) is 11.1 Å². The Morgan fingerprint density at radius 3 is 2.59 bits per heavy atom. The van der Waals surface area contributed by atoms with Gasteiger partial charge in [-0.2, -0.15) is 5.26 Å². The highest BCUT2D eigenvalue weighted by Crippen LogP contribution is 2.21. The van der Waals surface area contributed by atoms with Gasteiger partial charge in [-0.15, -0.1) is 0 Å². The fourth-order valence-electron chi connectivity index (χ4n) is 1.71. The maximum atomic E-state index is 8.85. The minimum Gasteiger partial charge on any atom is -0.384 e. The smallest absolute Gasteiger partial charge is 0.163 e. The second kappa shape index (κ2) is 4.22. The van der Waals surface area contributed by atoms with E-state index in [9.17, 15) is 0 Å². The number of hydrogen-bond donors (Lipinski definition) is 1. The Morgan fingerprint density at radius 1 is 1.18 bits per heavy atom. The molecule has 17 heavy (non-hydrogen) atoms. The number of nitrogens with two attached hydrogens (primary N) is 1. The molecule has 0 unspecified atom stereocenters. The molecule has 0 bridgehead atoms. The normalized spacial score (nSPS) is 9.94. The Labute approximate surface area is 99.8 Å². The fourth-order valence-corrected chi connectivity index (χ4v) is 1.71. The third-order valence-electron chi connectivity index (χ3n) is 2.48. The van der Waals surface area contributed by atoms with Crippen LogP contribution in [0.25, 0.3) is 11.4 Å². The molecule has 0 amide bonds. The zero-order chi connectivity index (χ0) is 12.4. The number of nitriles is 1. The van der Waals surface area contributed by atoms with Crippen molar-refractivity contribution >= 4 is 5.82 Å². The van der Waals surface area contributed by atoms with Gasteiger partial charge in [-0.3, -0.25) is 0 Å². The van der Waals surface area contributed by atoms with E-state index in [2.05, 4.69) is 9.97 Å². The number of benzene rings is 1. The molecule has 1 aromatic carbocycles. The van der Waals surface area contributed by atoms with Crippen LogP contribution in [0.5, 0.6) is 0 Å². The fraction of sp³-hybridized carbons (Fsp3) is 0.154. The van der Waals surface area contributed by atoms with Crippen LogP contribution in [-0.2, 0) is 0 Å². The maximum absolute atomic E-state index is 8.85. The molecule has 0 spiro atoms. The van der Waals surface area contributed by atoms with Gasteiger partial charge in [0.25, 0.3) is 0 Å². The molecule has 0 fully saturated rings. The Balaban J connectivity index is 2.61. The van der Waals surface area contributed by atoms with Crippen molar-refractivity contribution in [1.29, 1.82) is 5.26 Å². The maximum Gasteiger partial charge on any atom is 0.163 e. The molecular formula is C13H12N4. The van der Waals surface area contributed by atoms with Crippen molar-refractivity contribution < 1.29 is 0 Å². The number of rotatable bonds is 1. The van der Waals surface area contributed by atoms with Crippen LogP contribution in [-0.4, -0.2) is 9.97 Å². The highest BCUT2D eigenvalue weighted by atomic mass is 14.9. The van der Waals surface area contributed by atoms with Gasteiger partial charge in [0.2, 0.25) is 0 Å². The predicted molar refractivity (Wildman–Crippen MR) is 66.1 cm³/mol. The van der Waals surface area contributed by atoms with E-state index in [1.807, 2.05) is 38.1 Å². The lowest BCUT2D eigenvalue weighted by molar-refractivity contribution is 1.15. The summed E-state index contributed by atoms with van der Waals surface area (Å²) in [5.41, 5.74) is 9.08. The van der Waals surface area contributed by atoms with Gasteiger partial charge in [0.05, 0.1) is 0 Å². The summed E-state index contributed by atoms with van der Waals surface area (Å²) < 4.78 is 0. The largest absolute Gasteiger partial charge is 0.384 e. The monoisotopic (exact) mass is 224 g/mol. The second-order valence-electron chi connectivity index (χ2n) is 3.93. The van der Waals surface area contributed by atoms with Gasteiger partial charge < -0.3 is 5.73 Å². The van der Waals surface area contributed by atoms with E-state index in [-0.39, 0.29) is 5.69 Å². The zero-order valence-electron chi connectivity index (χ0n) is 9.73. The number of hydrogen-bond acceptors (Lipinski definition) is 4. The van der Waals surface area contributed by atoms with Gasteiger partial charge in [0.1, 0.15) is 17.6 Å². The van der Waals surface area contributed by atoms with Crippen LogP contribution in [0.4, 0.5) is 5.82 Å². The van der Waals surface area contributed by atoms with Crippen molar-refractivity contribution in [2.24, 2.45) is 0 Å². The van der Waals surface area contributed by atoms with Crippen LogP contribution in [0.15, 0.2) is 24.3 Å². The van der Waals surface area contributed by atoms with E-state index in [0.29, 0.717) is 11.6 Å². The van der Waals surface area contributed by atoms with Gasteiger partial charge in [-0.25, -0.2) is 9.97 Å². The van der Waals surface area contributed by atoms with Crippen molar-refractivity contribution in [3.8, 4) is 17.5 Å². The first-order valence-electron chi connectivity index (χ1n) is 5.22. The van der Waals surface area contributed by atoms with Crippen molar-refractivity contribution in [3.05, 3.63) is 41.1 Å². The summed E-state index contributed by atoms with van der Waals surface area (Å²) in [5.74, 6) is 0.811. The summed E-state index contributed by atoms with van der Waals surface area (Å²) in [6.07, 6.45) is 0. The topological polar surface area (TPSA) is 75.6 Å². The number of nitrogens with zero attached hydrogens (tertiary/aromatic N) is 3. The predicted octanol–water partition coefficient (Wildman–Crippen LogP) is 2.21. The van der Waals surface area contributed by atoms with Crippen molar-refractivity contribution in [2.75, 3.05) is 5.73 Å². The van der Waals surface area contributed by atoms with E-state index in [1.54, 1.807) is 0 Å². The zero-order valence-corrected chi connectivity index (χ0v) is 9.73. The first kappa shape index (κ1) is 11.1. The summed E-state index contributed by atoms with van der Waals surface area (Å²) in [7, 11) is 0. The number of nitrogen functional groups attached to an aromatic ring is 1. The minimum atomic E-state index is 0.285. The van der Waals surface area contributed by atoms with Crippen LogP contribution >= 0.6 is 0 Å². The first-order valence-corrected chi connectivity index (χ1v) is 5.22. The lowest BCUT2D eigenvalue weighted by Gasteiger charge is -2.06. The molecule has 0 saturated heterocycles. The molecule has 1 heterocycles. The molecule has 2 aromatic rings. The van der Waals surface area contributed by atoms with Gasteiger partial charge in [0.15, 0.2) is 5.82 Å². The van der Waals surface area contributed by atoms with Gasteiger partial charge >= 0.3 is 0 Å². The molecule has 1 aromatic heterocycles. The number of aryl methyl sites for hydroxylation is 2. The van der Waals surface area contributed by atoms with E-state index in [1.165, 1.54) is 11.6 Å². The summed E-state index contributed by atoms with van der Waals surface area (Å²) in [6, 6.07) is 9.42. The minimum absolute atomic E-state index is 0.285. The lowest BCUT2D eigenvalue weighted by atomic mass is 10.1. The molecule has 84 valence electrons. The summed E-state index contributed by atoms with van der Waals surface area (Å²) >= 11 is 0. The molecule has 0 saturated carbocycles. The molecule has 4 heteroatoms. The van der Waals surface area contributed by atoms with Crippen molar-refractivity contribution in [1.82, 2.24) is 9.97 Å². The van der Waals surface area contributed by atoms with Gasteiger partial charge in [-0.05, 0) is 19.4 Å². The SMILES string of the molecule is Cc1ccc(-c2nc(N)cc(C#N)n2)c(C)c1. The van der Waals surface area contributed by atoms with Crippen LogP contribution in [0.3, 0.4) is 0 Å².